The zero-order chi connectivity index (χ0) is 18.3. The molecule has 0 aliphatic carbocycles. The first-order chi connectivity index (χ1) is 12.6. The van der Waals surface area contributed by atoms with Gasteiger partial charge in [-0.3, -0.25) is 4.57 Å². The fraction of sp³-hybridized carbons (Fsp3) is 0.667. The van der Waals surface area contributed by atoms with Crippen LogP contribution in [-0.2, 0) is 9.47 Å². The molecule has 2 aromatic heterocycles. The summed E-state index contributed by atoms with van der Waals surface area (Å²) >= 11 is 6.06. The van der Waals surface area contributed by atoms with Crippen molar-refractivity contribution in [2.45, 2.75) is 43.4 Å². The van der Waals surface area contributed by atoms with Gasteiger partial charge < -0.3 is 25.0 Å². The van der Waals surface area contributed by atoms with E-state index < -0.39 is 31.2 Å². The number of halogens is 2. The molecule has 2 saturated heterocycles. The smallest absolute Gasteiger partial charge is 0.226 e. The number of anilines is 1. The summed E-state index contributed by atoms with van der Waals surface area (Å²) in [6.07, 6.45) is -1.70. The van der Waals surface area contributed by atoms with Crippen LogP contribution >= 0.6 is 11.6 Å². The average Bonchev–Trinajstić information content (AvgIpc) is 3.17. The van der Waals surface area contributed by atoms with E-state index in [0.29, 0.717) is 30.2 Å². The molecule has 11 heteroatoms. The molecule has 0 spiro atoms. The third-order valence-electron chi connectivity index (χ3n) is 4.72. The van der Waals surface area contributed by atoms with Crippen molar-refractivity contribution in [2.24, 2.45) is 0 Å². The highest BCUT2D eigenvalue weighted by Crippen LogP contribution is 2.33. The molecule has 3 N–H and O–H groups in total. The van der Waals surface area contributed by atoms with Gasteiger partial charge in [-0.05, 0) is 24.4 Å². The molecule has 2 unspecified atom stereocenters. The number of ether oxygens (including phenoxy) is 2. The fourth-order valence-electron chi connectivity index (χ4n) is 3.30. The second kappa shape index (κ2) is 7.20. The van der Waals surface area contributed by atoms with Gasteiger partial charge in [0.05, 0.1) is 6.33 Å². The van der Waals surface area contributed by atoms with Crippen LogP contribution in [0.15, 0.2) is 6.33 Å². The maximum absolute atomic E-state index is 13.0. The van der Waals surface area contributed by atoms with Crippen LogP contribution in [0.3, 0.4) is 0 Å². The van der Waals surface area contributed by atoms with Gasteiger partial charge in [0, 0.05) is 19.3 Å². The molecule has 2 aliphatic heterocycles. The molecule has 4 rings (SSSR count). The summed E-state index contributed by atoms with van der Waals surface area (Å²) in [7, 11) is 0. The summed E-state index contributed by atoms with van der Waals surface area (Å²) in [6, 6.07) is 0.175. The molecule has 9 nitrogen and oxygen atoms in total. The van der Waals surface area contributed by atoms with E-state index >= 15 is 0 Å². The first-order valence-electron chi connectivity index (χ1n) is 8.40. The van der Waals surface area contributed by atoms with Gasteiger partial charge in [-0.2, -0.15) is 9.97 Å². The highest BCUT2D eigenvalue weighted by molar-refractivity contribution is 6.28. The molecule has 0 aromatic carbocycles. The molecular weight excluding hydrogens is 369 g/mol. The Morgan fingerprint density at radius 3 is 2.73 bits per heavy atom. The molecule has 2 aliphatic rings. The number of aliphatic hydroxyl groups is 2. The Bertz CT molecular complexity index is 787. The number of nitrogens with one attached hydrogen (secondary N) is 1. The van der Waals surface area contributed by atoms with Crippen molar-refractivity contribution in [1.82, 2.24) is 19.5 Å². The molecule has 0 amide bonds. The monoisotopic (exact) mass is 387 g/mol. The third kappa shape index (κ3) is 3.12. The number of aliphatic hydroxyl groups excluding tert-OH is 2. The van der Waals surface area contributed by atoms with Gasteiger partial charge >= 0.3 is 0 Å². The standard InChI is InChI=1S/C15H19ClFN5O4/c16-15-20-12(19-7-1-3-25-4-2-7)9-13(21-15)22(6-18-9)14-11(24)10(23)8(5-17)26-14/h6-8,10-11,14,23-24H,1-5H2,(H,19,20,21)/t8-,10?,11?,14-/m1/s1. The number of fused-ring (bicyclic) bond motifs is 1. The highest BCUT2D eigenvalue weighted by atomic mass is 35.5. The summed E-state index contributed by atoms with van der Waals surface area (Å²) in [5.41, 5.74) is 0.783. The van der Waals surface area contributed by atoms with Gasteiger partial charge in [0.1, 0.15) is 25.0 Å². The summed E-state index contributed by atoms with van der Waals surface area (Å²) in [6.45, 7) is 0.422. The topological polar surface area (TPSA) is 115 Å². The van der Waals surface area contributed by atoms with E-state index in [1.165, 1.54) is 10.9 Å². The molecule has 26 heavy (non-hydrogen) atoms. The molecule has 0 saturated carbocycles. The van der Waals surface area contributed by atoms with Crippen LogP contribution in [0, 0.1) is 0 Å². The van der Waals surface area contributed by atoms with Crippen LogP contribution in [0.5, 0.6) is 0 Å². The lowest BCUT2D eigenvalue weighted by molar-refractivity contribution is -0.0409. The van der Waals surface area contributed by atoms with Crippen molar-refractivity contribution < 1.29 is 24.1 Å². The lowest BCUT2D eigenvalue weighted by Crippen LogP contribution is -2.32. The van der Waals surface area contributed by atoms with E-state index in [0.717, 1.165) is 12.8 Å². The maximum Gasteiger partial charge on any atom is 0.226 e. The van der Waals surface area contributed by atoms with Crippen LogP contribution in [0.25, 0.3) is 11.2 Å². The van der Waals surface area contributed by atoms with Crippen molar-refractivity contribution in [3.8, 4) is 0 Å². The van der Waals surface area contributed by atoms with Crippen molar-refractivity contribution in [3.63, 3.8) is 0 Å². The molecule has 2 aromatic rings. The summed E-state index contributed by atoms with van der Waals surface area (Å²) in [4.78, 5) is 12.7. The number of nitrogens with zero attached hydrogens (tertiary/aromatic N) is 4. The Kier molecular flexibility index (Phi) is 4.93. The molecule has 142 valence electrons. The summed E-state index contributed by atoms with van der Waals surface area (Å²) in [5, 5.41) is 23.4. The predicted molar refractivity (Wildman–Crippen MR) is 89.7 cm³/mol. The minimum absolute atomic E-state index is 0.00360. The first-order valence-corrected chi connectivity index (χ1v) is 8.78. The predicted octanol–water partition coefficient (Wildman–Crippen LogP) is 0.659. The highest BCUT2D eigenvalue weighted by Gasteiger charge is 2.44. The van der Waals surface area contributed by atoms with E-state index in [9.17, 15) is 14.6 Å². The lowest BCUT2D eigenvalue weighted by atomic mass is 10.1. The molecule has 4 heterocycles. The zero-order valence-electron chi connectivity index (χ0n) is 13.8. The Morgan fingerprint density at radius 2 is 2.04 bits per heavy atom. The van der Waals surface area contributed by atoms with Crippen molar-refractivity contribution in [3.05, 3.63) is 11.6 Å². The fourth-order valence-corrected chi connectivity index (χ4v) is 3.46. The van der Waals surface area contributed by atoms with E-state index in [2.05, 4.69) is 20.3 Å². The van der Waals surface area contributed by atoms with Crippen LogP contribution in [0.4, 0.5) is 10.2 Å². The van der Waals surface area contributed by atoms with Crippen LogP contribution in [0.1, 0.15) is 19.1 Å². The summed E-state index contributed by atoms with van der Waals surface area (Å²) < 4.78 is 25.2. The van der Waals surface area contributed by atoms with E-state index in [1.807, 2.05) is 0 Å². The number of hydrogen-bond donors (Lipinski definition) is 3. The van der Waals surface area contributed by atoms with Gasteiger partial charge in [-0.25, -0.2) is 9.37 Å². The summed E-state index contributed by atoms with van der Waals surface area (Å²) in [5.74, 6) is 0.473. The van der Waals surface area contributed by atoms with Gasteiger partial charge in [0.25, 0.3) is 0 Å². The van der Waals surface area contributed by atoms with E-state index in [4.69, 9.17) is 21.1 Å². The van der Waals surface area contributed by atoms with Crippen molar-refractivity contribution in [1.29, 1.82) is 0 Å². The number of rotatable bonds is 4. The zero-order valence-corrected chi connectivity index (χ0v) is 14.5. The van der Waals surface area contributed by atoms with Gasteiger partial charge in [-0.1, -0.05) is 0 Å². The van der Waals surface area contributed by atoms with Gasteiger partial charge in [-0.15, -0.1) is 0 Å². The average molecular weight is 388 g/mol. The van der Waals surface area contributed by atoms with Crippen LogP contribution in [0.2, 0.25) is 5.28 Å². The Balaban J connectivity index is 1.67. The molecule has 2 fully saturated rings. The van der Waals surface area contributed by atoms with Crippen LogP contribution < -0.4 is 5.32 Å². The Hall–Kier alpha value is -1.59. The molecule has 0 bridgehead atoms. The number of imidazole rings is 1. The second-order valence-electron chi connectivity index (χ2n) is 6.40. The van der Waals surface area contributed by atoms with Crippen molar-refractivity contribution >= 4 is 28.6 Å². The number of alkyl halides is 1. The Labute approximate surface area is 153 Å². The minimum atomic E-state index is -1.33. The minimum Gasteiger partial charge on any atom is -0.387 e. The van der Waals surface area contributed by atoms with E-state index in [1.54, 1.807) is 0 Å². The molecular formula is C15H19ClFN5O4. The molecule has 4 atom stereocenters. The van der Waals surface area contributed by atoms with E-state index in [-0.39, 0.29) is 11.3 Å². The van der Waals surface area contributed by atoms with Crippen LogP contribution in [-0.4, -0.2) is 74.0 Å². The first kappa shape index (κ1) is 17.8. The largest absolute Gasteiger partial charge is 0.387 e. The van der Waals surface area contributed by atoms with Crippen molar-refractivity contribution in [2.75, 3.05) is 25.2 Å². The third-order valence-corrected chi connectivity index (χ3v) is 4.89. The Morgan fingerprint density at radius 1 is 1.27 bits per heavy atom. The maximum atomic E-state index is 13.0. The SMILES string of the molecule is OC1C(O)[C@@H](CF)O[C@H]1n1cnc2c(NC3CCOCC3)nc(Cl)nc21. The quantitative estimate of drug-likeness (QED) is 0.655. The number of aromatic nitrogens is 4. The normalized spacial score (nSPS) is 30.2. The van der Waals surface area contributed by atoms with Gasteiger partial charge in [0.2, 0.25) is 5.28 Å². The second-order valence-corrected chi connectivity index (χ2v) is 6.73. The number of hydrogen-bond acceptors (Lipinski definition) is 8. The van der Waals surface area contributed by atoms with Gasteiger partial charge in [0.15, 0.2) is 23.2 Å². The molecule has 0 radical (unpaired) electrons. The lowest BCUT2D eigenvalue weighted by Gasteiger charge is -2.23.